The van der Waals surface area contributed by atoms with E-state index in [-0.39, 0.29) is 29.1 Å². The molecule has 2 N–H and O–H groups in total. The van der Waals surface area contributed by atoms with Crippen LogP contribution in [0.4, 0.5) is 0 Å². The first kappa shape index (κ1) is 20.7. The van der Waals surface area contributed by atoms with E-state index < -0.39 is 6.04 Å². The van der Waals surface area contributed by atoms with Gasteiger partial charge in [0, 0.05) is 24.4 Å². The topological polar surface area (TPSA) is 83.7 Å². The Bertz CT molecular complexity index is 757. The van der Waals surface area contributed by atoms with Gasteiger partial charge in [0.25, 0.3) is 5.91 Å². The molecule has 1 aromatic rings. The number of amides is 3. The number of nitrogens with two attached hydrogens (primary N) is 1. The van der Waals surface area contributed by atoms with Gasteiger partial charge in [-0.1, -0.05) is 32.9 Å². The summed E-state index contributed by atoms with van der Waals surface area (Å²) in [7, 11) is 0. The van der Waals surface area contributed by atoms with Crippen molar-refractivity contribution >= 4 is 29.5 Å². The predicted molar refractivity (Wildman–Crippen MR) is 111 cm³/mol. The number of thioether (sulfide) groups is 1. The molecule has 2 heterocycles. The third-order valence-electron chi connectivity index (χ3n) is 5.56. The molecule has 0 spiro atoms. The van der Waals surface area contributed by atoms with Crippen LogP contribution in [0.1, 0.15) is 49.5 Å². The van der Waals surface area contributed by atoms with Crippen LogP contribution in [-0.4, -0.2) is 58.3 Å². The van der Waals surface area contributed by atoms with Gasteiger partial charge in [0.1, 0.15) is 6.04 Å². The number of primary amides is 1. The Morgan fingerprint density at radius 2 is 1.82 bits per heavy atom. The number of rotatable bonds is 3. The fourth-order valence-electron chi connectivity index (χ4n) is 3.75. The van der Waals surface area contributed by atoms with Crippen molar-refractivity contribution in [1.82, 2.24) is 9.80 Å². The highest BCUT2D eigenvalue weighted by molar-refractivity contribution is 7.99. The minimum absolute atomic E-state index is 0.0226. The highest BCUT2D eigenvalue weighted by Crippen LogP contribution is 2.28. The van der Waals surface area contributed by atoms with Crippen LogP contribution in [0.3, 0.4) is 0 Å². The predicted octanol–water partition coefficient (Wildman–Crippen LogP) is 2.22. The molecular weight excluding hydrogens is 374 g/mol. The van der Waals surface area contributed by atoms with Crippen molar-refractivity contribution in [3.63, 3.8) is 0 Å². The standard InChI is InChI=1S/C21H29N3O3S/c1-21(2,3)16-8-6-14(7-9-16)19(26)24-13-28-12-17(24)20(27)23-10-4-5-15(11-23)18(22)25/h6-9,15,17H,4-5,10-13H2,1-3H3,(H2,22,25). The van der Waals surface area contributed by atoms with Crippen molar-refractivity contribution < 1.29 is 14.4 Å². The lowest BCUT2D eigenvalue weighted by atomic mass is 9.86. The Morgan fingerprint density at radius 1 is 1.14 bits per heavy atom. The number of likely N-dealkylation sites (tertiary alicyclic amines) is 1. The molecule has 3 amide bonds. The highest BCUT2D eigenvalue weighted by Gasteiger charge is 2.39. The number of benzene rings is 1. The highest BCUT2D eigenvalue weighted by atomic mass is 32.2. The lowest BCUT2D eigenvalue weighted by Crippen LogP contribution is -2.52. The van der Waals surface area contributed by atoms with Crippen LogP contribution in [0.2, 0.25) is 0 Å². The molecule has 6 nitrogen and oxygen atoms in total. The first-order chi connectivity index (χ1) is 13.2. The van der Waals surface area contributed by atoms with Crippen molar-refractivity contribution in [2.75, 3.05) is 24.7 Å². The molecule has 152 valence electrons. The Morgan fingerprint density at radius 3 is 2.43 bits per heavy atom. The van der Waals surface area contributed by atoms with Gasteiger partial charge in [-0.25, -0.2) is 0 Å². The largest absolute Gasteiger partial charge is 0.369 e. The van der Waals surface area contributed by atoms with Crippen molar-refractivity contribution in [2.24, 2.45) is 11.7 Å². The molecule has 0 saturated carbocycles. The number of carbonyl (C=O) groups excluding carboxylic acids is 3. The first-order valence-electron chi connectivity index (χ1n) is 9.76. The average molecular weight is 404 g/mol. The minimum atomic E-state index is -0.480. The Hall–Kier alpha value is -2.02. The van der Waals surface area contributed by atoms with Gasteiger partial charge in [0.05, 0.1) is 11.8 Å². The number of hydrogen-bond acceptors (Lipinski definition) is 4. The quantitative estimate of drug-likeness (QED) is 0.839. The molecule has 0 aromatic heterocycles. The summed E-state index contributed by atoms with van der Waals surface area (Å²) in [5, 5.41) is 0. The van der Waals surface area contributed by atoms with Crippen molar-refractivity contribution in [3.8, 4) is 0 Å². The molecule has 2 aliphatic heterocycles. The number of carbonyl (C=O) groups is 3. The van der Waals surface area contributed by atoms with Crippen molar-refractivity contribution in [3.05, 3.63) is 35.4 Å². The van der Waals surface area contributed by atoms with E-state index in [0.29, 0.717) is 30.3 Å². The third-order valence-corrected chi connectivity index (χ3v) is 6.57. The fourth-order valence-corrected chi connectivity index (χ4v) is 4.89. The SMILES string of the molecule is CC(C)(C)c1ccc(C(=O)N2CSCC2C(=O)N2CCCC(C(N)=O)C2)cc1. The zero-order valence-electron chi connectivity index (χ0n) is 16.8. The van der Waals surface area contributed by atoms with E-state index in [9.17, 15) is 14.4 Å². The number of hydrogen-bond donors (Lipinski definition) is 1. The minimum Gasteiger partial charge on any atom is -0.369 e. The molecule has 3 rings (SSSR count). The number of nitrogens with zero attached hydrogens (tertiary/aromatic N) is 2. The average Bonchev–Trinajstić information content (AvgIpc) is 3.16. The zero-order chi connectivity index (χ0) is 20.5. The summed E-state index contributed by atoms with van der Waals surface area (Å²) in [6, 6.07) is 7.17. The molecule has 2 aliphatic rings. The molecule has 2 atom stereocenters. The van der Waals surface area contributed by atoms with E-state index >= 15 is 0 Å². The van der Waals surface area contributed by atoms with Crippen LogP contribution in [0, 0.1) is 5.92 Å². The van der Waals surface area contributed by atoms with E-state index in [1.54, 1.807) is 21.6 Å². The van der Waals surface area contributed by atoms with Crippen molar-refractivity contribution in [1.29, 1.82) is 0 Å². The summed E-state index contributed by atoms with van der Waals surface area (Å²) in [5.74, 6) is 0.250. The van der Waals surface area contributed by atoms with Crippen LogP contribution < -0.4 is 5.73 Å². The first-order valence-corrected chi connectivity index (χ1v) is 10.9. The van der Waals surface area contributed by atoms with Gasteiger partial charge in [-0.2, -0.15) is 0 Å². The third kappa shape index (κ3) is 4.35. The van der Waals surface area contributed by atoms with Crippen LogP contribution in [0.25, 0.3) is 0 Å². The van der Waals surface area contributed by atoms with Gasteiger partial charge >= 0.3 is 0 Å². The van der Waals surface area contributed by atoms with E-state index in [2.05, 4.69) is 20.8 Å². The summed E-state index contributed by atoms with van der Waals surface area (Å²) in [4.78, 5) is 41.0. The second-order valence-electron chi connectivity index (χ2n) is 8.64. The van der Waals surface area contributed by atoms with E-state index in [1.165, 1.54) is 5.56 Å². The molecule has 1 aromatic carbocycles. The zero-order valence-corrected chi connectivity index (χ0v) is 17.6. The van der Waals surface area contributed by atoms with E-state index in [1.807, 2.05) is 24.3 Å². The van der Waals surface area contributed by atoms with Crippen LogP contribution in [0.5, 0.6) is 0 Å². The van der Waals surface area contributed by atoms with E-state index in [4.69, 9.17) is 5.73 Å². The van der Waals surface area contributed by atoms with Crippen molar-refractivity contribution in [2.45, 2.75) is 45.1 Å². The summed E-state index contributed by atoms with van der Waals surface area (Å²) >= 11 is 1.59. The summed E-state index contributed by atoms with van der Waals surface area (Å²) in [5.41, 5.74) is 7.22. The Labute approximate surface area is 170 Å². The van der Waals surface area contributed by atoms with Gasteiger partial charge in [0.2, 0.25) is 11.8 Å². The Balaban J connectivity index is 1.72. The molecule has 2 saturated heterocycles. The second kappa shape index (κ2) is 8.15. The summed E-state index contributed by atoms with van der Waals surface area (Å²) < 4.78 is 0. The van der Waals surface area contributed by atoms with Gasteiger partial charge in [-0.15, -0.1) is 11.8 Å². The monoisotopic (exact) mass is 403 g/mol. The van der Waals surface area contributed by atoms with Gasteiger partial charge in [-0.3, -0.25) is 14.4 Å². The molecule has 2 fully saturated rings. The van der Waals surface area contributed by atoms with Crippen LogP contribution >= 0.6 is 11.8 Å². The lowest BCUT2D eigenvalue weighted by molar-refractivity contribution is -0.138. The summed E-state index contributed by atoms with van der Waals surface area (Å²) in [6.07, 6.45) is 1.49. The number of piperidine rings is 1. The van der Waals surface area contributed by atoms with Gasteiger partial charge in [0.15, 0.2) is 0 Å². The maximum Gasteiger partial charge on any atom is 0.255 e. The molecule has 28 heavy (non-hydrogen) atoms. The lowest BCUT2D eigenvalue weighted by Gasteiger charge is -2.35. The fraction of sp³-hybridized carbons (Fsp3) is 0.571. The van der Waals surface area contributed by atoms with Crippen LogP contribution in [-0.2, 0) is 15.0 Å². The second-order valence-corrected chi connectivity index (χ2v) is 9.64. The molecule has 0 radical (unpaired) electrons. The van der Waals surface area contributed by atoms with E-state index in [0.717, 1.165) is 12.8 Å². The molecule has 0 bridgehead atoms. The normalized spacial score (nSPS) is 23.0. The Kier molecular flexibility index (Phi) is 6.03. The summed E-state index contributed by atoms with van der Waals surface area (Å²) in [6.45, 7) is 7.37. The van der Waals surface area contributed by atoms with Gasteiger partial charge < -0.3 is 15.5 Å². The smallest absolute Gasteiger partial charge is 0.255 e. The maximum absolute atomic E-state index is 13.1. The molecule has 7 heteroatoms. The molecule has 0 aliphatic carbocycles. The molecule has 2 unspecified atom stereocenters. The van der Waals surface area contributed by atoms with Crippen LogP contribution in [0.15, 0.2) is 24.3 Å². The maximum atomic E-state index is 13.1. The molecular formula is C21H29N3O3S. The van der Waals surface area contributed by atoms with Gasteiger partial charge in [-0.05, 0) is 36.0 Å².